The molecule has 16 heavy (non-hydrogen) atoms. The van der Waals surface area contributed by atoms with Crippen LogP contribution < -0.4 is 5.73 Å². The normalized spacial score (nSPS) is 15.1. The van der Waals surface area contributed by atoms with Gasteiger partial charge in [0.05, 0.1) is 0 Å². The molecule has 0 aliphatic carbocycles. The maximum Gasteiger partial charge on any atom is 0.123 e. The van der Waals surface area contributed by atoms with Gasteiger partial charge in [-0.2, -0.15) is 0 Å². The van der Waals surface area contributed by atoms with E-state index in [0.29, 0.717) is 12.5 Å². The van der Waals surface area contributed by atoms with E-state index in [4.69, 9.17) is 5.73 Å². The van der Waals surface area contributed by atoms with Crippen molar-refractivity contribution in [3.63, 3.8) is 0 Å². The van der Waals surface area contributed by atoms with E-state index in [2.05, 4.69) is 11.8 Å². The van der Waals surface area contributed by atoms with Gasteiger partial charge in [0.1, 0.15) is 5.82 Å². The highest BCUT2D eigenvalue weighted by molar-refractivity contribution is 5.21. The molecule has 0 saturated heterocycles. The topological polar surface area (TPSA) is 29.3 Å². The lowest BCUT2D eigenvalue weighted by Crippen LogP contribution is -2.31. The van der Waals surface area contributed by atoms with Crippen molar-refractivity contribution in [1.29, 1.82) is 0 Å². The van der Waals surface area contributed by atoms with Crippen molar-refractivity contribution < 1.29 is 4.39 Å². The van der Waals surface area contributed by atoms with Gasteiger partial charge in [-0.25, -0.2) is 4.39 Å². The number of rotatable bonds is 5. The van der Waals surface area contributed by atoms with E-state index >= 15 is 0 Å². The number of benzene rings is 1. The zero-order valence-electron chi connectivity index (χ0n) is 10.3. The van der Waals surface area contributed by atoms with Gasteiger partial charge < -0.3 is 10.6 Å². The average molecular weight is 224 g/mol. The van der Waals surface area contributed by atoms with Gasteiger partial charge in [-0.1, -0.05) is 25.5 Å². The lowest BCUT2D eigenvalue weighted by atomic mass is 9.90. The molecule has 0 aliphatic rings. The molecule has 0 heterocycles. The number of hydrogen-bond donors (Lipinski definition) is 1. The summed E-state index contributed by atoms with van der Waals surface area (Å²) in [7, 11) is 4.02. The molecule has 2 nitrogen and oxygen atoms in total. The molecule has 0 fully saturated rings. The monoisotopic (exact) mass is 224 g/mol. The highest BCUT2D eigenvalue weighted by Crippen LogP contribution is 2.28. The Morgan fingerprint density at radius 3 is 2.50 bits per heavy atom. The minimum atomic E-state index is -0.184. The van der Waals surface area contributed by atoms with Crippen LogP contribution >= 0.6 is 0 Å². The Bertz CT molecular complexity index is 321. The minimum absolute atomic E-state index is 0.184. The van der Waals surface area contributed by atoms with E-state index in [9.17, 15) is 4.39 Å². The van der Waals surface area contributed by atoms with E-state index in [1.54, 1.807) is 12.1 Å². The first-order valence-corrected chi connectivity index (χ1v) is 5.72. The van der Waals surface area contributed by atoms with Crippen molar-refractivity contribution in [2.45, 2.75) is 19.4 Å². The van der Waals surface area contributed by atoms with Crippen molar-refractivity contribution in [2.24, 2.45) is 11.7 Å². The largest absolute Gasteiger partial charge is 0.330 e. The Balaban J connectivity index is 3.02. The number of nitrogens with zero attached hydrogens (tertiary/aromatic N) is 1. The molecule has 0 radical (unpaired) electrons. The summed E-state index contributed by atoms with van der Waals surface area (Å²) in [5.74, 6) is 0.174. The second-order valence-electron chi connectivity index (χ2n) is 4.37. The summed E-state index contributed by atoms with van der Waals surface area (Å²) in [6.07, 6.45) is 0.996. The minimum Gasteiger partial charge on any atom is -0.330 e. The predicted octanol–water partition coefficient (Wildman–Crippen LogP) is 2.41. The summed E-state index contributed by atoms with van der Waals surface area (Å²) in [5, 5.41) is 0. The smallest absolute Gasteiger partial charge is 0.123 e. The molecule has 0 aromatic heterocycles. The number of hydrogen-bond acceptors (Lipinski definition) is 2. The number of halogens is 1. The molecule has 0 spiro atoms. The lowest BCUT2D eigenvalue weighted by molar-refractivity contribution is 0.210. The molecular formula is C13H21FN2. The summed E-state index contributed by atoms with van der Waals surface area (Å²) >= 11 is 0. The quantitative estimate of drug-likeness (QED) is 0.832. The molecule has 0 amide bonds. The maximum absolute atomic E-state index is 13.2. The molecule has 3 heteroatoms. The third kappa shape index (κ3) is 3.03. The van der Waals surface area contributed by atoms with Gasteiger partial charge in [0.25, 0.3) is 0 Å². The standard InChI is InChI=1S/C13H21FN2/c1-4-10(9-15)13(16(2)3)11-6-5-7-12(14)8-11/h5-8,10,13H,4,9,15H2,1-3H3. The molecule has 0 saturated carbocycles. The van der Waals surface area contributed by atoms with E-state index < -0.39 is 0 Å². The van der Waals surface area contributed by atoms with Crippen LogP contribution in [0.1, 0.15) is 24.9 Å². The first-order valence-electron chi connectivity index (χ1n) is 5.72. The molecule has 0 bridgehead atoms. The van der Waals surface area contributed by atoms with Gasteiger partial charge in [-0.3, -0.25) is 0 Å². The predicted molar refractivity (Wildman–Crippen MR) is 65.7 cm³/mol. The Hall–Kier alpha value is -0.930. The van der Waals surface area contributed by atoms with Crippen LogP contribution in [0.25, 0.3) is 0 Å². The van der Waals surface area contributed by atoms with Crippen LogP contribution in [0.3, 0.4) is 0 Å². The fourth-order valence-electron chi connectivity index (χ4n) is 2.20. The Morgan fingerprint density at radius 2 is 2.06 bits per heavy atom. The third-order valence-corrected chi connectivity index (χ3v) is 3.02. The van der Waals surface area contributed by atoms with Crippen LogP contribution in [-0.4, -0.2) is 25.5 Å². The molecule has 1 aromatic rings. The van der Waals surface area contributed by atoms with Crippen molar-refractivity contribution in [1.82, 2.24) is 4.90 Å². The van der Waals surface area contributed by atoms with Crippen LogP contribution in [0.15, 0.2) is 24.3 Å². The Labute approximate surface area is 97.3 Å². The van der Waals surface area contributed by atoms with Crippen LogP contribution in [0.5, 0.6) is 0 Å². The molecule has 2 unspecified atom stereocenters. The first-order chi connectivity index (χ1) is 7.60. The number of nitrogens with two attached hydrogens (primary N) is 1. The molecule has 1 rings (SSSR count). The van der Waals surface area contributed by atoms with Crippen LogP contribution in [-0.2, 0) is 0 Å². The molecule has 90 valence electrons. The summed E-state index contributed by atoms with van der Waals surface area (Å²) in [4.78, 5) is 2.11. The van der Waals surface area contributed by atoms with Crippen molar-refractivity contribution in [3.05, 3.63) is 35.6 Å². The lowest BCUT2D eigenvalue weighted by Gasteiger charge is -2.31. The van der Waals surface area contributed by atoms with Crippen LogP contribution in [0.4, 0.5) is 4.39 Å². The fourth-order valence-corrected chi connectivity index (χ4v) is 2.20. The first kappa shape index (κ1) is 13.1. The van der Waals surface area contributed by atoms with Crippen LogP contribution in [0, 0.1) is 11.7 Å². The van der Waals surface area contributed by atoms with Gasteiger partial charge >= 0.3 is 0 Å². The van der Waals surface area contributed by atoms with E-state index in [1.165, 1.54) is 6.07 Å². The second-order valence-corrected chi connectivity index (χ2v) is 4.37. The van der Waals surface area contributed by atoms with Gasteiger partial charge in [0, 0.05) is 6.04 Å². The van der Waals surface area contributed by atoms with Crippen molar-refractivity contribution in [3.8, 4) is 0 Å². The third-order valence-electron chi connectivity index (χ3n) is 3.02. The summed E-state index contributed by atoms with van der Waals surface area (Å²) < 4.78 is 13.2. The fraction of sp³-hybridized carbons (Fsp3) is 0.538. The maximum atomic E-state index is 13.2. The highest BCUT2D eigenvalue weighted by Gasteiger charge is 2.22. The average Bonchev–Trinajstić information content (AvgIpc) is 2.24. The Kier molecular flexibility index (Phi) is 4.90. The van der Waals surface area contributed by atoms with Crippen LogP contribution in [0.2, 0.25) is 0 Å². The van der Waals surface area contributed by atoms with E-state index in [1.807, 2.05) is 20.2 Å². The summed E-state index contributed by atoms with van der Waals surface area (Å²) in [5.41, 5.74) is 6.78. The zero-order valence-corrected chi connectivity index (χ0v) is 10.3. The highest BCUT2D eigenvalue weighted by atomic mass is 19.1. The molecule has 2 N–H and O–H groups in total. The molecular weight excluding hydrogens is 203 g/mol. The Morgan fingerprint density at radius 1 is 1.38 bits per heavy atom. The summed E-state index contributed by atoms with van der Waals surface area (Å²) in [6, 6.07) is 6.98. The summed E-state index contributed by atoms with van der Waals surface area (Å²) in [6.45, 7) is 2.74. The van der Waals surface area contributed by atoms with Gasteiger partial charge in [-0.15, -0.1) is 0 Å². The molecule has 0 aliphatic heterocycles. The molecule has 2 atom stereocenters. The second kappa shape index (κ2) is 5.97. The van der Waals surface area contributed by atoms with E-state index in [0.717, 1.165) is 12.0 Å². The van der Waals surface area contributed by atoms with Gasteiger partial charge in [-0.05, 0) is 44.3 Å². The molecule has 1 aromatic carbocycles. The zero-order chi connectivity index (χ0) is 12.1. The van der Waals surface area contributed by atoms with Gasteiger partial charge in [0.2, 0.25) is 0 Å². The van der Waals surface area contributed by atoms with Crippen molar-refractivity contribution in [2.75, 3.05) is 20.6 Å². The van der Waals surface area contributed by atoms with Gasteiger partial charge in [0.15, 0.2) is 0 Å². The van der Waals surface area contributed by atoms with Crippen molar-refractivity contribution >= 4 is 0 Å². The SMILES string of the molecule is CCC(CN)C(c1cccc(F)c1)N(C)C. The van der Waals surface area contributed by atoms with E-state index in [-0.39, 0.29) is 11.9 Å².